The highest BCUT2D eigenvalue weighted by Gasteiger charge is 2.56. The zero-order valence-electron chi connectivity index (χ0n) is 30.9. The number of β-lactam (4-membered cyclic amide) rings is 1. The van der Waals surface area contributed by atoms with Crippen molar-refractivity contribution in [3.63, 3.8) is 0 Å². The van der Waals surface area contributed by atoms with Crippen LogP contribution in [-0.4, -0.2) is 83.3 Å². The fourth-order valence-electron chi connectivity index (χ4n) is 6.29. The molecule has 0 bridgehead atoms. The number of aromatic nitrogens is 2. The monoisotopic (exact) mass is 677 g/mol. The highest BCUT2D eigenvalue weighted by Crippen LogP contribution is 2.55. The molecule has 1 saturated heterocycles. The Morgan fingerprint density at radius 1 is 1.07 bits per heavy atom. The van der Waals surface area contributed by atoms with Gasteiger partial charge in [0, 0.05) is 18.7 Å². The highest BCUT2D eigenvalue weighted by molar-refractivity contribution is 7.77. The summed E-state index contributed by atoms with van der Waals surface area (Å²) in [6.45, 7) is 25.7. The van der Waals surface area contributed by atoms with Crippen LogP contribution in [0.25, 0.3) is 0 Å². The number of likely N-dealkylation sites (tertiary alicyclic amines) is 1. The first kappa shape index (κ1) is 40.2. The lowest BCUT2D eigenvalue weighted by molar-refractivity contribution is -0.156. The van der Waals surface area contributed by atoms with Gasteiger partial charge in [0.1, 0.15) is 17.7 Å². The first-order valence-electron chi connectivity index (χ1n) is 17.7. The van der Waals surface area contributed by atoms with Crippen molar-refractivity contribution in [1.82, 2.24) is 14.7 Å². The van der Waals surface area contributed by atoms with Crippen molar-refractivity contribution in [2.45, 2.75) is 144 Å². The van der Waals surface area contributed by atoms with E-state index < -0.39 is 39.2 Å². The summed E-state index contributed by atoms with van der Waals surface area (Å²) in [5.41, 5.74) is 1.86. The van der Waals surface area contributed by atoms with Crippen LogP contribution in [-0.2, 0) is 25.3 Å². The summed E-state index contributed by atoms with van der Waals surface area (Å²) in [4.78, 5) is 44.5. The number of nitrogens with zero attached hydrogens (tertiary/aromatic N) is 3. The summed E-state index contributed by atoms with van der Waals surface area (Å²) in [5, 5.41) is 4.53. The second-order valence-corrected chi connectivity index (χ2v) is 23.4. The number of aryl methyl sites for hydroxylation is 2. The first-order chi connectivity index (χ1) is 21.5. The lowest BCUT2D eigenvalue weighted by Crippen LogP contribution is -2.69. The van der Waals surface area contributed by atoms with E-state index in [1.54, 1.807) is 11.0 Å². The van der Waals surface area contributed by atoms with Gasteiger partial charge in [-0.2, -0.15) is 5.10 Å². The summed E-state index contributed by atoms with van der Waals surface area (Å²) >= 11 is 0. The summed E-state index contributed by atoms with van der Waals surface area (Å²) in [6, 6.07) is 1.31. The van der Waals surface area contributed by atoms with Crippen LogP contribution in [0.2, 0.25) is 18.1 Å². The van der Waals surface area contributed by atoms with Gasteiger partial charge in [-0.1, -0.05) is 80.3 Å². The molecule has 0 unspecified atom stereocenters. The molecule has 1 aliphatic heterocycles. The van der Waals surface area contributed by atoms with E-state index in [4.69, 9.17) is 9.16 Å². The number of rotatable bonds is 20. The van der Waals surface area contributed by atoms with Gasteiger partial charge in [-0.3, -0.25) is 14.3 Å². The maximum absolute atomic E-state index is 14.6. The van der Waals surface area contributed by atoms with E-state index in [1.165, 1.54) is 0 Å². The van der Waals surface area contributed by atoms with Crippen LogP contribution < -0.4 is 0 Å². The van der Waals surface area contributed by atoms with Crippen LogP contribution >= 0.6 is 6.89 Å². The average Bonchev–Trinajstić information content (AvgIpc) is 3.38. The molecule has 10 heteroatoms. The quantitative estimate of drug-likeness (QED) is 0.0345. The standard InChI is InChI=1S/C36H64N3O5PSi/c1-13-18-22-45(23-19-14-2,24-20-15-3)34(35(42)43-21-16-4)39-30(26-31(40)29-25-27(6)38(17-5)37-29)32(33(39)41)28(7)44-46(11,12)36(8,9)10/h16,25,28,30,32H,4,13-15,17-24,26H2,1-3,5-12H3/t28-,30-,32-/m1/s1. The number of unbranched alkanes of at least 4 members (excludes halogenated alkanes) is 3. The molecule has 3 atom stereocenters. The Kier molecular flexibility index (Phi) is 15.2. The minimum absolute atomic E-state index is 0.0451. The predicted molar refractivity (Wildman–Crippen MR) is 196 cm³/mol. The Hall–Kier alpha value is -1.96. The molecular weight excluding hydrogens is 613 g/mol. The molecule has 0 spiro atoms. The van der Waals surface area contributed by atoms with Crippen molar-refractivity contribution >= 4 is 38.3 Å². The number of ether oxygens (including phenoxy) is 1. The molecule has 0 aromatic carbocycles. The Labute approximate surface area is 281 Å². The van der Waals surface area contributed by atoms with Crippen molar-refractivity contribution < 1.29 is 23.5 Å². The lowest BCUT2D eigenvalue weighted by Gasteiger charge is -2.53. The summed E-state index contributed by atoms with van der Waals surface area (Å²) in [7, 11) is -2.24. The molecule has 1 amide bonds. The smallest absolute Gasteiger partial charge is 0.355 e. The molecule has 0 radical (unpaired) electrons. The molecular formula is C36H64N3O5PSi. The summed E-state index contributed by atoms with van der Waals surface area (Å²) in [6.07, 6.45) is 9.88. The zero-order chi connectivity index (χ0) is 34.9. The number of ketones is 1. The Morgan fingerprint density at radius 3 is 2.04 bits per heavy atom. The second kappa shape index (κ2) is 17.4. The SMILES string of the molecule is C=CCOC(=O)C(N1C(=O)[C@H]([C@@H](C)O[Si](C)(C)C(C)(C)C)[C@H]1CC(=O)c1cc(C)n(CC)n1)=P(CCCC)(CCCC)CCCC. The van der Waals surface area contributed by atoms with Gasteiger partial charge in [-0.25, -0.2) is 4.79 Å². The fraction of sp³-hybridized carbons (Fsp3) is 0.750. The van der Waals surface area contributed by atoms with E-state index in [9.17, 15) is 14.4 Å². The molecule has 1 fully saturated rings. The average molecular weight is 678 g/mol. The van der Waals surface area contributed by atoms with Gasteiger partial charge in [0.05, 0.1) is 18.1 Å². The van der Waals surface area contributed by atoms with Crippen LogP contribution in [0.5, 0.6) is 0 Å². The second-order valence-electron chi connectivity index (χ2n) is 14.6. The first-order valence-corrected chi connectivity index (χ1v) is 22.9. The molecule has 1 aromatic heterocycles. The number of hydrogen-bond donors (Lipinski definition) is 0. The maximum Gasteiger partial charge on any atom is 0.355 e. The summed E-state index contributed by atoms with van der Waals surface area (Å²) in [5.74, 6) is -1.22. The van der Waals surface area contributed by atoms with Crippen molar-refractivity contribution in [3.8, 4) is 0 Å². The molecule has 262 valence electrons. The number of carbonyl (C=O) groups is 3. The highest BCUT2D eigenvalue weighted by atomic mass is 31.2. The van der Waals surface area contributed by atoms with Crippen LogP contribution in [0.1, 0.15) is 117 Å². The van der Waals surface area contributed by atoms with Crippen LogP contribution in [0, 0.1) is 12.8 Å². The number of carbonyl (C=O) groups excluding carboxylic acids is 3. The third-order valence-corrected chi connectivity index (χ3v) is 19.4. The van der Waals surface area contributed by atoms with E-state index in [1.807, 2.05) is 31.5 Å². The molecule has 2 rings (SSSR count). The molecule has 0 saturated carbocycles. The number of esters is 1. The normalized spacial score (nSPS) is 17.9. The van der Waals surface area contributed by atoms with Crippen molar-refractivity contribution in [2.24, 2.45) is 5.92 Å². The molecule has 0 aliphatic carbocycles. The minimum atomic E-state index is -2.24. The fourth-order valence-corrected chi connectivity index (χ4v) is 12.9. The van der Waals surface area contributed by atoms with Crippen LogP contribution in [0.3, 0.4) is 0 Å². The topological polar surface area (TPSA) is 90.7 Å². The van der Waals surface area contributed by atoms with Gasteiger partial charge in [-0.15, -0.1) is 0 Å². The Balaban J connectivity index is 2.82. The van der Waals surface area contributed by atoms with Gasteiger partial charge in [0.25, 0.3) is 0 Å². The molecule has 0 N–H and O–H groups in total. The molecule has 2 heterocycles. The van der Waals surface area contributed by atoms with E-state index in [0.29, 0.717) is 17.7 Å². The van der Waals surface area contributed by atoms with E-state index in [0.717, 1.165) is 62.7 Å². The van der Waals surface area contributed by atoms with Gasteiger partial charge in [0.15, 0.2) is 14.1 Å². The minimum Gasteiger partial charge on any atom is -0.457 e. The van der Waals surface area contributed by atoms with Gasteiger partial charge in [0.2, 0.25) is 5.91 Å². The van der Waals surface area contributed by atoms with E-state index in [-0.39, 0.29) is 29.8 Å². The van der Waals surface area contributed by atoms with Crippen LogP contribution in [0.15, 0.2) is 18.7 Å². The third-order valence-electron chi connectivity index (χ3n) is 10.0. The molecule has 1 aromatic rings. The molecule has 8 nitrogen and oxygen atoms in total. The van der Waals surface area contributed by atoms with Crippen molar-refractivity contribution in [3.05, 3.63) is 30.1 Å². The Morgan fingerprint density at radius 2 is 1.61 bits per heavy atom. The number of Topliss-reactive ketones (excluding diaryl/α,β-unsaturated/α-hetero) is 1. The van der Waals surface area contributed by atoms with Gasteiger partial charge < -0.3 is 14.1 Å². The summed E-state index contributed by atoms with van der Waals surface area (Å²) < 4.78 is 14.4. The van der Waals surface area contributed by atoms with Crippen molar-refractivity contribution in [1.29, 1.82) is 0 Å². The molecule has 46 heavy (non-hydrogen) atoms. The van der Waals surface area contributed by atoms with Gasteiger partial charge in [-0.05, 0) is 82.7 Å². The predicted octanol–water partition coefficient (Wildman–Crippen LogP) is 8.30. The third kappa shape index (κ3) is 9.34. The van der Waals surface area contributed by atoms with E-state index >= 15 is 0 Å². The zero-order valence-corrected chi connectivity index (χ0v) is 32.8. The number of amides is 1. The van der Waals surface area contributed by atoms with Crippen LogP contribution in [0.4, 0.5) is 0 Å². The van der Waals surface area contributed by atoms with Crippen molar-refractivity contribution in [2.75, 3.05) is 25.1 Å². The number of hydrogen-bond acceptors (Lipinski definition) is 6. The Bertz CT molecular complexity index is 1240. The van der Waals surface area contributed by atoms with E-state index in [2.05, 4.69) is 66.3 Å². The molecule has 1 aliphatic rings. The lowest BCUT2D eigenvalue weighted by atomic mass is 9.80. The maximum atomic E-state index is 14.6. The largest absolute Gasteiger partial charge is 0.457 e. The van der Waals surface area contributed by atoms with Gasteiger partial charge >= 0.3 is 5.97 Å².